The van der Waals surface area contributed by atoms with Gasteiger partial charge < -0.3 is 5.11 Å². The van der Waals surface area contributed by atoms with E-state index in [4.69, 9.17) is 0 Å². The van der Waals surface area contributed by atoms with Crippen LogP contribution in [0, 0.1) is 6.92 Å². The van der Waals surface area contributed by atoms with E-state index >= 15 is 0 Å². The predicted molar refractivity (Wildman–Crippen MR) is 81.1 cm³/mol. The van der Waals surface area contributed by atoms with Crippen molar-refractivity contribution in [3.8, 4) is 11.1 Å². The molecule has 0 aliphatic heterocycles. The molecular weight excluding hydrogens is 248 g/mol. The quantitative estimate of drug-likeness (QED) is 0.737. The molecule has 0 saturated heterocycles. The molecule has 0 fully saturated rings. The second-order valence-electron chi connectivity index (χ2n) is 4.92. The second-order valence-corrected chi connectivity index (χ2v) is 4.92. The first-order valence-electron chi connectivity index (χ1n) is 6.48. The second kappa shape index (κ2) is 4.82. The molecule has 0 unspecified atom stereocenters. The van der Waals surface area contributed by atoms with E-state index in [1.165, 1.54) is 0 Å². The molecule has 2 heteroatoms. The van der Waals surface area contributed by atoms with E-state index in [0.717, 1.165) is 27.5 Å². The largest absolute Gasteiger partial charge is 0.478 e. The van der Waals surface area contributed by atoms with E-state index in [1.807, 2.05) is 61.5 Å². The fourth-order valence-corrected chi connectivity index (χ4v) is 2.44. The smallest absolute Gasteiger partial charge is 0.336 e. The molecule has 20 heavy (non-hydrogen) atoms. The summed E-state index contributed by atoms with van der Waals surface area (Å²) in [5.74, 6) is -0.892. The molecule has 0 aromatic heterocycles. The van der Waals surface area contributed by atoms with E-state index < -0.39 is 5.97 Å². The van der Waals surface area contributed by atoms with Gasteiger partial charge in [0.15, 0.2) is 0 Å². The summed E-state index contributed by atoms with van der Waals surface area (Å²) in [4.78, 5) is 11.4. The molecule has 0 heterocycles. The zero-order chi connectivity index (χ0) is 14.1. The average molecular weight is 262 g/mol. The van der Waals surface area contributed by atoms with Gasteiger partial charge >= 0.3 is 5.97 Å². The summed E-state index contributed by atoms with van der Waals surface area (Å²) in [6.07, 6.45) is 0. The van der Waals surface area contributed by atoms with Crippen LogP contribution < -0.4 is 0 Å². The van der Waals surface area contributed by atoms with Crippen molar-refractivity contribution in [2.75, 3.05) is 0 Å². The van der Waals surface area contributed by atoms with Crippen LogP contribution in [0.25, 0.3) is 21.9 Å². The molecule has 0 amide bonds. The molecule has 0 aliphatic rings. The van der Waals surface area contributed by atoms with Crippen LogP contribution in [0.1, 0.15) is 15.9 Å². The first-order chi connectivity index (χ1) is 9.65. The molecule has 98 valence electrons. The molecule has 0 saturated carbocycles. The third-order valence-corrected chi connectivity index (χ3v) is 3.47. The Morgan fingerprint density at radius 2 is 1.65 bits per heavy atom. The van der Waals surface area contributed by atoms with Crippen molar-refractivity contribution >= 4 is 16.7 Å². The minimum Gasteiger partial charge on any atom is -0.478 e. The Morgan fingerprint density at radius 1 is 0.900 bits per heavy atom. The lowest BCUT2D eigenvalue weighted by Gasteiger charge is -2.09. The number of hydrogen-bond donors (Lipinski definition) is 1. The summed E-state index contributed by atoms with van der Waals surface area (Å²) < 4.78 is 0. The van der Waals surface area contributed by atoms with E-state index in [1.54, 1.807) is 6.07 Å². The van der Waals surface area contributed by atoms with E-state index in [-0.39, 0.29) is 0 Å². The average Bonchev–Trinajstić information content (AvgIpc) is 2.46. The van der Waals surface area contributed by atoms with Crippen molar-refractivity contribution in [1.82, 2.24) is 0 Å². The van der Waals surface area contributed by atoms with Gasteiger partial charge in [0.1, 0.15) is 0 Å². The standard InChI is InChI=1S/C18H14O2/c1-12-6-9-16(17(10-12)18(19)20)15-8-7-13-4-2-3-5-14(13)11-15/h2-11H,1H3,(H,19,20). The topological polar surface area (TPSA) is 37.3 Å². The fraction of sp³-hybridized carbons (Fsp3) is 0.0556. The molecule has 3 aromatic carbocycles. The van der Waals surface area contributed by atoms with E-state index in [0.29, 0.717) is 5.56 Å². The predicted octanol–water partition coefficient (Wildman–Crippen LogP) is 4.51. The molecule has 0 atom stereocenters. The summed E-state index contributed by atoms with van der Waals surface area (Å²) in [7, 11) is 0. The number of benzene rings is 3. The van der Waals surface area contributed by atoms with Crippen molar-refractivity contribution in [3.05, 3.63) is 71.8 Å². The van der Waals surface area contributed by atoms with Gasteiger partial charge in [0.2, 0.25) is 0 Å². The van der Waals surface area contributed by atoms with Gasteiger partial charge in [-0.1, -0.05) is 54.1 Å². The van der Waals surface area contributed by atoms with Crippen LogP contribution in [-0.2, 0) is 0 Å². The Bertz CT molecular complexity index is 803. The third kappa shape index (κ3) is 2.16. The number of rotatable bonds is 2. The number of hydrogen-bond acceptors (Lipinski definition) is 1. The van der Waals surface area contributed by atoms with Gasteiger partial charge in [-0.05, 0) is 41.0 Å². The SMILES string of the molecule is Cc1ccc(-c2ccc3ccccc3c2)c(C(=O)O)c1. The van der Waals surface area contributed by atoms with E-state index in [2.05, 4.69) is 0 Å². The van der Waals surface area contributed by atoms with E-state index in [9.17, 15) is 9.90 Å². The first kappa shape index (κ1) is 12.4. The van der Waals surface area contributed by atoms with Gasteiger partial charge in [-0.15, -0.1) is 0 Å². The van der Waals surface area contributed by atoms with Crippen molar-refractivity contribution in [3.63, 3.8) is 0 Å². The van der Waals surface area contributed by atoms with Crippen LogP contribution in [-0.4, -0.2) is 11.1 Å². The van der Waals surface area contributed by atoms with Gasteiger partial charge in [-0.25, -0.2) is 4.79 Å². The number of aromatic carboxylic acids is 1. The van der Waals surface area contributed by atoms with Crippen molar-refractivity contribution in [2.45, 2.75) is 6.92 Å². The summed E-state index contributed by atoms with van der Waals surface area (Å²) in [5.41, 5.74) is 2.99. The Kier molecular flexibility index (Phi) is 2.99. The Hall–Kier alpha value is -2.61. The summed E-state index contributed by atoms with van der Waals surface area (Å²) in [6, 6.07) is 19.6. The lowest BCUT2D eigenvalue weighted by atomic mass is 9.96. The number of carbonyl (C=O) groups is 1. The Labute approximate surface area is 117 Å². The zero-order valence-electron chi connectivity index (χ0n) is 11.1. The maximum atomic E-state index is 11.4. The monoisotopic (exact) mass is 262 g/mol. The Balaban J connectivity index is 2.22. The zero-order valence-corrected chi connectivity index (χ0v) is 11.1. The van der Waals surface area contributed by atoms with Crippen molar-refractivity contribution in [2.24, 2.45) is 0 Å². The normalized spacial score (nSPS) is 10.7. The summed E-state index contributed by atoms with van der Waals surface area (Å²) >= 11 is 0. The van der Waals surface area contributed by atoms with Gasteiger partial charge in [0.05, 0.1) is 5.56 Å². The molecule has 1 N–H and O–H groups in total. The van der Waals surface area contributed by atoms with Crippen LogP contribution in [0.5, 0.6) is 0 Å². The van der Waals surface area contributed by atoms with Crippen LogP contribution in [0.2, 0.25) is 0 Å². The lowest BCUT2D eigenvalue weighted by Crippen LogP contribution is -2.00. The maximum absolute atomic E-state index is 11.4. The molecule has 3 aromatic rings. The third-order valence-electron chi connectivity index (χ3n) is 3.47. The molecule has 2 nitrogen and oxygen atoms in total. The highest BCUT2D eigenvalue weighted by Gasteiger charge is 2.12. The molecular formula is C18H14O2. The highest BCUT2D eigenvalue weighted by molar-refractivity contribution is 5.98. The molecule has 0 spiro atoms. The van der Waals surface area contributed by atoms with Gasteiger partial charge in [0, 0.05) is 0 Å². The number of carboxylic acid groups (broad SMARTS) is 1. The van der Waals surface area contributed by atoms with Crippen LogP contribution in [0.15, 0.2) is 60.7 Å². The fourth-order valence-electron chi connectivity index (χ4n) is 2.44. The highest BCUT2D eigenvalue weighted by Crippen LogP contribution is 2.28. The Morgan fingerprint density at radius 3 is 2.40 bits per heavy atom. The maximum Gasteiger partial charge on any atom is 0.336 e. The van der Waals surface area contributed by atoms with Gasteiger partial charge in [0.25, 0.3) is 0 Å². The van der Waals surface area contributed by atoms with Crippen molar-refractivity contribution < 1.29 is 9.90 Å². The first-order valence-corrected chi connectivity index (χ1v) is 6.48. The lowest BCUT2D eigenvalue weighted by molar-refractivity contribution is 0.0697. The summed E-state index contributed by atoms with van der Waals surface area (Å²) in [6.45, 7) is 1.90. The van der Waals surface area contributed by atoms with Gasteiger partial charge in [-0.2, -0.15) is 0 Å². The van der Waals surface area contributed by atoms with Crippen LogP contribution >= 0.6 is 0 Å². The molecule has 0 aliphatic carbocycles. The number of fused-ring (bicyclic) bond motifs is 1. The molecule has 3 rings (SSSR count). The minimum atomic E-state index is -0.892. The highest BCUT2D eigenvalue weighted by atomic mass is 16.4. The number of aryl methyl sites for hydroxylation is 1. The number of carboxylic acids is 1. The molecule has 0 radical (unpaired) electrons. The molecule has 0 bridgehead atoms. The summed E-state index contributed by atoms with van der Waals surface area (Å²) in [5, 5.41) is 11.6. The van der Waals surface area contributed by atoms with Gasteiger partial charge in [-0.3, -0.25) is 0 Å². The van der Waals surface area contributed by atoms with Crippen LogP contribution in [0.3, 0.4) is 0 Å². The minimum absolute atomic E-state index is 0.347. The van der Waals surface area contributed by atoms with Crippen LogP contribution in [0.4, 0.5) is 0 Å². The van der Waals surface area contributed by atoms with Crippen molar-refractivity contribution in [1.29, 1.82) is 0 Å².